The highest BCUT2D eigenvalue weighted by atomic mass is 16.5. The monoisotopic (exact) mass is 508 g/mol. The number of urea groups is 1. The lowest BCUT2D eigenvalue weighted by Crippen LogP contribution is -2.47. The number of amides is 4. The van der Waals surface area contributed by atoms with E-state index < -0.39 is 30.1 Å². The Bertz CT molecular complexity index is 1330. The number of furan rings is 1. The summed E-state index contributed by atoms with van der Waals surface area (Å²) in [7, 11) is 1.53. The molecule has 3 heterocycles. The maximum absolute atomic E-state index is 13.2. The summed E-state index contributed by atoms with van der Waals surface area (Å²) in [5.74, 6) is -1.10. The van der Waals surface area contributed by atoms with E-state index in [0.717, 1.165) is 10.5 Å². The SMILES string of the molecule is COc1ccc2c(c1)C(=O)N(CCNC(=O)N(COC(=O)C(C)(C)C)C(=O)c1cc3ncccc3o1)C2. The second-order valence-corrected chi connectivity index (χ2v) is 9.52. The highest BCUT2D eigenvalue weighted by molar-refractivity contribution is 6.04. The number of nitrogens with zero attached hydrogens (tertiary/aromatic N) is 3. The zero-order valence-corrected chi connectivity index (χ0v) is 21.1. The number of imide groups is 1. The molecule has 4 rings (SSSR count). The predicted octanol–water partition coefficient (Wildman–Crippen LogP) is 3.19. The van der Waals surface area contributed by atoms with Crippen LogP contribution in [0.2, 0.25) is 0 Å². The molecule has 3 aromatic rings. The van der Waals surface area contributed by atoms with Crippen molar-refractivity contribution < 1.29 is 33.1 Å². The second kappa shape index (κ2) is 10.3. The summed E-state index contributed by atoms with van der Waals surface area (Å²) in [6.45, 7) is 5.03. The largest absolute Gasteiger partial charge is 0.497 e. The third kappa shape index (κ3) is 5.55. The minimum atomic E-state index is -0.831. The zero-order chi connectivity index (χ0) is 26.7. The number of hydrogen-bond donors (Lipinski definition) is 1. The summed E-state index contributed by atoms with van der Waals surface area (Å²) >= 11 is 0. The minimum absolute atomic E-state index is 0.0639. The maximum Gasteiger partial charge on any atom is 0.327 e. The molecule has 1 aliphatic rings. The van der Waals surface area contributed by atoms with Crippen molar-refractivity contribution in [3.8, 4) is 5.75 Å². The van der Waals surface area contributed by atoms with Gasteiger partial charge in [0.2, 0.25) is 0 Å². The van der Waals surface area contributed by atoms with E-state index in [1.165, 1.54) is 13.2 Å². The summed E-state index contributed by atoms with van der Waals surface area (Å²) < 4.78 is 16.0. The van der Waals surface area contributed by atoms with Crippen molar-refractivity contribution in [3.63, 3.8) is 0 Å². The molecule has 1 N–H and O–H groups in total. The quantitative estimate of drug-likeness (QED) is 0.380. The Morgan fingerprint density at radius 2 is 1.97 bits per heavy atom. The van der Waals surface area contributed by atoms with Gasteiger partial charge in [-0.2, -0.15) is 0 Å². The first kappa shape index (κ1) is 25.7. The lowest BCUT2D eigenvalue weighted by atomic mass is 9.98. The second-order valence-electron chi connectivity index (χ2n) is 9.52. The predicted molar refractivity (Wildman–Crippen MR) is 132 cm³/mol. The van der Waals surface area contributed by atoms with E-state index in [2.05, 4.69) is 10.3 Å². The molecule has 1 aliphatic heterocycles. The van der Waals surface area contributed by atoms with Gasteiger partial charge in [0.05, 0.1) is 12.5 Å². The Morgan fingerprint density at radius 1 is 1.19 bits per heavy atom. The van der Waals surface area contributed by atoms with E-state index in [9.17, 15) is 19.2 Å². The van der Waals surface area contributed by atoms with Gasteiger partial charge in [-0.25, -0.2) is 9.69 Å². The Hall–Kier alpha value is -4.41. The van der Waals surface area contributed by atoms with Crippen LogP contribution in [0.5, 0.6) is 5.75 Å². The molecule has 194 valence electrons. The maximum atomic E-state index is 13.2. The van der Waals surface area contributed by atoms with Crippen LogP contribution < -0.4 is 10.1 Å². The van der Waals surface area contributed by atoms with Gasteiger partial charge in [0.1, 0.15) is 11.3 Å². The number of nitrogens with one attached hydrogen (secondary N) is 1. The van der Waals surface area contributed by atoms with E-state index in [1.807, 2.05) is 6.07 Å². The number of esters is 1. The molecule has 0 atom stereocenters. The number of carbonyl (C=O) groups excluding carboxylic acids is 4. The van der Waals surface area contributed by atoms with Gasteiger partial charge in [0.15, 0.2) is 18.1 Å². The molecule has 0 radical (unpaired) electrons. The van der Waals surface area contributed by atoms with E-state index in [0.29, 0.717) is 29.0 Å². The fourth-order valence-electron chi connectivity index (χ4n) is 3.70. The van der Waals surface area contributed by atoms with E-state index >= 15 is 0 Å². The van der Waals surface area contributed by atoms with Crippen molar-refractivity contribution in [2.24, 2.45) is 5.41 Å². The molecule has 1 aromatic carbocycles. The molecular weight excluding hydrogens is 480 g/mol. The minimum Gasteiger partial charge on any atom is -0.497 e. The third-order valence-corrected chi connectivity index (χ3v) is 5.78. The van der Waals surface area contributed by atoms with Gasteiger partial charge < -0.3 is 24.1 Å². The van der Waals surface area contributed by atoms with Gasteiger partial charge in [-0.3, -0.25) is 19.4 Å². The molecule has 4 amide bonds. The summed E-state index contributed by atoms with van der Waals surface area (Å²) in [4.78, 5) is 57.7. The van der Waals surface area contributed by atoms with Crippen molar-refractivity contribution in [2.75, 3.05) is 26.9 Å². The van der Waals surface area contributed by atoms with Crippen molar-refractivity contribution in [3.05, 3.63) is 59.5 Å². The Kier molecular flexibility index (Phi) is 7.14. The fraction of sp³-hybridized carbons (Fsp3) is 0.346. The van der Waals surface area contributed by atoms with Crippen LogP contribution in [0.3, 0.4) is 0 Å². The fourth-order valence-corrected chi connectivity index (χ4v) is 3.70. The van der Waals surface area contributed by atoms with Crippen LogP contribution in [0.4, 0.5) is 4.79 Å². The molecule has 0 bridgehead atoms. The molecule has 37 heavy (non-hydrogen) atoms. The molecule has 0 spiro atoms. The van der Waals surface area contributed by atoms with Crippen molar-refractivity contribution >= 4 is 34.9 Å². The molecular formula is C26H28N4O7. The van der Waals surface area contributed by atoms with Crippen molar-refractivity contribution in [1.82, 2.24) is 20.1 Å². The van der Waals surface area contributed by atoms with Crippen LogP contribution >= 0.6 is 0 Å². The van der Waals surface area contributed by atoms with E-state index in [4.69, 9.17) is 13.9 Å². The topological polar surface area (TPSA) is 131 Å². The number of aromatic nitrogens is 1. The van der Waals surface area contributed by atoms with Gasteiger partial charge in [-0.05, 0) is 50.6 Å². The summed E-state index contributed by atoms with van der Waals surface area (Å²) in [5, 5.41) is 2.63. The van der Waals surface area contributed by atoms with Crippen molar-refractivity contribution in [1.29, 1.82) is 0 Å². The molecule has 0 saturated heterocycles. The van der Waals surface area contributed by atoms with Gasteiger partial charge in [-0.15, -0.1) is 0 Å². The molecule has 0 fully saturated rings. The Labute approximate surface area is 213 Å². The average Bonchev–Trinajstić information content (AvgIpc) is 3.44. The first-order valence-electron chi connectivity index (χ1n) is 11.7. The van der Waals surface area contributed by atoms with Crippen LogP contribution in [0.25, 0.3) is 11.1 Å². The zero-order valence-electron chi connectivity index (χ0n) is 21.1. The molecule has 0 saturated carbocycles. The van der Waals surface area contributed by atoms with Crippen LogP contribution in [0.1, 0.15) is 47.2 Å². The van der Waals surface area contributed by atoms with Gasteiger partial charge in [-0.1, -0.05) is 6.07 Å². The number of carbonyl (C=O) groups is 4. The number of methoxy groups -OCH3 is 1. The molecule has 0 unspecified atom stereocenters. The smallest absolute Gasteiger partial charge is 0.327 e. The molecule has 11 heteroatoms. The standard InChI is InChI=1S/C26H28N4O7/c1-26(2,3)24(33)36-15-30(23(32)21-13-19-20(37-21)6-5-9-27-19)25(34)28-10-11-29-14-16-7-8-17(35-4)12-18(16)22(29)31/h5-9,12-13H,10-11,14-15H2,1-4H3,(H,28,34). The summed E-state index contributed by atoms with van der Waals surface area (Å²) in [6, 6.07) is 9.21. The summed E-state index contributed by atoms with van der Waals surface area (Å²) in [5.41, 5.74) is 1.40. The third-order valence-electron chi connectivity index (χ3n) is 5.78. The summed E-state index contributed by atoms with van der Waals surface area (Å²) in [6.07, 6.45) is 1.55. The van der Waals surface area contributed by atoms with Gasteiger partial charge in [0, 0.05) is 37.5 Å². The number of rotatable bonds is 7. The average molecular weight is 509 g/mol. The van der Waals surface area contributed by atoms with Crippen LogP contribution in [-0.4, -0.2) is 65.5 Å². The van der Waals surface area contributed by atoms with Gasteiger partial charge in [0.25, 0.3) is 11.8 Å². The van der Waals surface area contributed by atoms with Crippen LogP contribution in [0.15, 0.2) is 47.0 Å². The highest BCUT2D eigenvalue weighted by Gasteiger charge is 2.31. The highest BCUT2D eigenvalue weighted by Crippen LogP contribution is 2.26. The first-order valence-corrected chi connectivity index (χ1v) is 11.7. The number of ether oxygens (including phenoxy) is 2. The van der Waals surface area contributed by atoms with Crippen molar-refractivity contribution in [2.45, 2.75) is 27.3 Å². The normalized spacial score (nSPS) is 12.9. The van der Waals surface area contributed by atoms with Crippen LogP contribution in [0, 0.1) is 5.41 Å². The lowest BCUT2D eigenvalue weighted by molar-refractivity contribution is -0.155. The number of hydrogen-bond acceptors (Lipinski definition) is 8. The number of pyridine rings is 1. The molecule has 0 aliphatic carbocycles. The Balaban J connectivity index is 1.43. The van der Waals surface area contributed by atoms with Crippen LogP contribution in [-0.2, 0) is 16.1 Å². The lowest BCUT2D eigenvalue weighted by Gasteiger charge is -2.23. The van der Waals surface area contributed by atoms with Gasteiger partial charge >= 0.3 is 12.0 Å². The van der Waals surface area contributed by atoms with E-state index in [-0.39, 0.29) is 24.8 Å². The number of benzene rings is 1. The first-order chi connectivity index (χ1) is 17.6. The Morgan fingerprint density at radius 3 is 2.68 bits per heavy atom. The number of fused-ring (bicyclic) bond motifs is 2. The molecule has 2 aromatic heterocycles. The van der Waals surface area contributed by atoms with E-state index in [1.54, 1.807) is 56.1 Å². The molecule has 11 nitrogen and oxygen atoms in total.